The van der Waals surface area contributed by atoms with E-state index in [1.807, 2.05) is 6.92 Å². The quantitative estimate of drug-likeness (QED) is 0.767. The van der Waals surface area contributed by atoms with Crippen LogP contribution in [0, 0.1) is 11.3 Å². The summed E-state index contributed by atoms with van der Waals surface area (Å²) >= 11 is 0. The molecule has 1 rings (SSSR count). The van der Waals surface area contributed by atoms with Crippen LogP contribution in [0.15, 0.2) is 0 Å². The van der Waals surface area contributed by atoms with E-state index in [1.54, 1.807) is 0 Å². The number of carbonyl (C=O) groups is 1. The van der Waals surface area contributed by atoms with Gasteiger partial charge in [-0.05, 0) is 50.5 Å². The molecule has 3 nitrogen and oxygen atoms in total. The minimum Gasteiger partial charge on any atom is -0.465 e. The molecule has 0 radical (unpaired) electrons. The molecule has 0 aromatic carbocycles. The summed E-state index contributed by atoms with van der Waals surface area (Å²) < 4.78 is 5.28. The van der Waals surface area contributed by atoms with Crippen molar-refractivity contribution in [1.82, 2.24) is 5.32 Å². The van der Waals surface area contributed by atoms with Crippen molar-refractivity contribution in [3.63, 3.8) is 0 Å². The summed E-state index contributed by atoms with van der Waals surface area (Å²) in [6.45, 7) is 12.1. The minimum absolute atomic E-state index is 0.0545. The van der Waals surface area contributed by atoms with E-state index in [2.05, 4.69) is 33.0 Å². The van der Waals surface area contributed by atoms with Crippen LogP contribution in [0.25, 0.3) is 0 Å². The fourth-order valence-corrected chi connectivity index (χ4v) is 2.48. The van der Waals surface area contributed by atoms with E-state index in [1.165, 1.54) is 0 Å². The normalized spacial score (nSPS) is 21.9. The Labute approximate surface area is 112 Å². The Morgan fingerprint density at radius 2 is 1.78 bits per heavy atom. The van der Waals surface area contributed by atoms with E-state index in [0.29, 0.717) is 17.9 Å². The summed E-state index contributed by atoms with van der Waals surface area (Å²) in [6, 6.07) is 0. The van der Waals surface area contributed by atoms with Crippen LogP contribution >= 0.6 is 0 Å². The van der Waals surface area contributed by atoms with Crippen LogP contribution < -0.4 is 5.32 Å². The van der Waals surface area contributed by atoms with E-state index >= 15 is 0 Å². The van der Waals surface area contributed by atoms with Gasteiger partial charge in [0.15, 0.2) is 0 Å². The Balaban J connectivity index is 2.73. The Morgan fingerprint density at radius 3 is 2.22 bits per heavy atom. The summed E-state index contributed by atoms with van der Waals surface area (Å²) in [7, 11) is 0. The summed E-state index contributed by atoms with van der Waals surface area (Å²) in [4.78, 5) is 12.3. The monoisotopic (exact) mass is 255 g/mol. The second-order valence-electron chi connectivity index (χ2n) is 6.74. The first-order valence-electron chi connectivity index (χ1n) is 7.23. The lowest BCUT2D eigenvalue weighted by molar-refractivity contribution is -0.154. The van der Waals surface area contributed by atoms with Gasteiger partial charge in [-0.15, -0.1) is 0 Å². The molecule has 18 heavy (non-hydrogen) atoms. The van der Waals surface area contributed by atoms with Crippen molar-refractivity contribution in [2.24, 2.45) is 11.3 Å². The number of rotatable bonds is 5. The van der Waals surface area contributed by atoms with Crippen molar-refractivity contribution in [3.8, 4) is 0 Å². The Kier molecular flexibility index (Phi) is 5.20. The molecule has 0 unspecified atom stereocenters. The summed E-state index contributed by atoms with van der Waals surface area (Å²) in [5.74, 6) is 0.493. The van der Waals surface area contributed by atoms with Crippen molar-refractivity contribution in [2.75, 3.05) is 13.2 Å². The van der Waals surface area contributed by atoms with Gasteiger partial charge < -0.3 is 10.1 Å². The molecule has 1 aliphatic rings. The van der Waals surface area contributed by atoms with Crippen molar-refractivity contribution in [1.29, 1.82) is 0 Å². The number of hydrogen-bond donors (Lipinski definition) is 1. The first kappa shape index (κ1) is 15.5. The van der Waals surface area contributed by atoms with Crippen LogP contribution in [0.2, 0.25) is 0 Å². The smallest absolute Gasteiger partial charge is 0.326 e. The highest BCUT2D eigenvalue weighted by molar-refractivity contribution is 5.81. The SMILES string of the molecule is CCOC(=O)C1(NCC(C)C)CCC(C)(C)CC1. The molecule has 0 aromatic rings. The molecule has 0 amide bonds. The number of esters is 1. The largest absolute Gasteiger partial charge is 0.465 e. The Morgan fingerprint density at radius 1 is 1.22 bits per heavy atom. The molecular formula is C15H29NO2. The van der Waals surface area contributed by atoms with E-state index in [9.17, 15) is 4.79 Å². The number of nitrogens with one attached hydrogen (secondary N) is 1. The maximum absolute atomic E-state index is 12.3. The van der Waals surface area contributed by atoms with Crippen LogP contribution in [0.5, 0.6) is 0 Å². The molecule has 0 aliphatic heterocycles. The zero-order valence-electron chi connectivity index (χ0n) is 12.6. The number of hydrogen-bond acceptors (Lipinski definition) is 3. The minimum atomic E-state index is -0.435. The Bertz CT molecular complexity index is 269. The van der Waals surface area contributed by atoms with Crippen molar-refractivity contribution in [3.05, 3.63) is 0 Å². The predicted octanol–water partition coefficient (Wildman–Crippen LogP) is 3.13. The zero-order chi connectivity index (χ0) is 13.8. The van der Waals surface area contributed by atoms with Crippen LogP contribution in [0.4, 0.5) is 0 Å². The van der Waals surface area contributed by atoms with Crippen molar-refractivity contribution < 1.29 is 9.53 Å². The van der Waals surface area contributed by atoms with Gasteiger partial charge in [-0.3, -0.25) is 4.79 Å². The first-order valence-corrected chi connectivity index (χ1v) is 7.23. The fraction of sp³-hybridized carbons (Fsp3) is 0.933. The van der Waals surface area contributed by atoms with E-state index in [0.717, 1.165) is 32.2 Å². The van der Waals surface area contributed by atoms with Crippen LogP contribution in [-0.4, -0.2) is 24.7 Å². The molecule has 1 saturated carbocycles. The second kappa shape index (κ2) is 6.05. The molecule has 0 heterocycles. The standard InChI is InChI=1S/C15H29NO2/c1-6-18-13(17)15(16-11-12(2)3)9-7-14(4,5)8-10-15/h12,16H,6-11H2,1-5H3. The molecule has 0 spiro atoms. The molecule has 1 fully saturated rings. The molecule has 0 bridgehead atoms. The molecule has 1 aliphatic carbocycles. The van der Waals surface area contributed by atoms with Gasteiger partial charge in [0.25, 0.3) is 0 Å². The molecule has 0 aromatic heterocycles. The molecule has 0 atom stereocenters. The first-order chi connectivity index (χ1) is 8.31. The lowest BCUT2D eigenvalue weighted by atomic mass is 9.69. The summed E-state index contributed by atoms with van der Waals surface area (Å²) in [5, 5.41) is 3.48. The van der Waals surface area contributed by atoms with E-state index in [4.69, 9.17) is 4.74 Å². The maximum atomic E-state index is 12.3. The van der Waals surface area contributed by atoms with Crippen LogP contribution in [-0.2, 0) is 9.53 Å². The van der Waals surface area contributed by atoms with Crippen LogP contribution in [0.1, 0.15) is 60.3 Å². The van der Waals surface area contributed by atoms with Gasteiger partial charge in [-0.25, -0.2) is 0 Å². The highest BCUT2D eigenvalue weighted by Gasteiger charge is 2.44. The van der Waals surface area contributed by atoms with Gasteiger partial charge in [-0.1, -0.05) is 27.7 Å². The van der Waals surface area contributed by atoms with E-state index in [-0.39, 0.29) is 5.97 Å². The number of carbonyl (C=O) groups excluding carboxylic acids is 1. The maximum Gasteiger partial charge on any atom is 0.326 e. The van der Waals surface area contributed by atoms with Gasteiger partial charge >= 0.3 is 5.97 Å². The van der Waals surface area contributed by atoms with Gasteiger partial charge in [0.2, 0.25) is 0 Å². The van der Waals surface area contributed by atoms with Gasteiger partial charge in [0.1, 0.15) is 5.54 Å². The zero-order valence-corrected chi connectivity index (χ0v) is 12.6. The molecule has 106 valence electrons. The fourth-order valence-electron chi connectivity index (χ4n) is 2.48. The van der Waals surface area contributed by atoms with Gasteiger partial charge in [-0.2, -0.15) is 0 Å². The molecule has 1 N–H and O–H groups in total. The third-order valence-corrected chi connectivity index (χ3v) is 3.97. The molecule has 0 saturated heterocycles. The van der Waals surface area contributed by atoms with E-state index < -0.39 is 5.54 Å². The predicted molar refractivity (Wildman–Crippen MR) is 74.5 cm³/mol. The number of ether oxygens (including phenoxy) is 1. The van der Waals surface area contributed by atoms with Crippen molar-refractivity contribution in [2.45, 2.75) is 65.8 Å². The molecular weight excluding hydrogens is 226 g/mol. The molecule has 3 heteroatoms. The highest BCUT2D eigenvalue weighted by Crippen LogP contribution is 2.40. The average Bonchev–Trinajstić information content (AvgIpc) is 2.28. The third-order valence-electron chi connectivity index (χ3n) is 3.97. The van der Waals surface area contributed by atoms with Crippen LogP contribution in [0.3, 0.4) is 0 Å². The average molecular weight is 255 g/mol. The third kappa shape index (κ3) is 3.98. The lowest BCUT2D eigenvalue weighted by Gasteiger charge is -2.42. The summed E-state index contributed by atoms with van der Waals surface area (Å²) in [5.41, 5.74) is -0.0781. The summed E-state index contributed by atoms with van der Waals surface area (Å²) in [6.07, 6.45) is 3.95. The lowest BCUT2D eigenvalue weighted by Crippen LogP contribution is -2.56. The van der Waals surface area contributed by atoms with Crippen molar-refractivity contribution >= 4 is 5.97 Å². The van der Waals surface area contributed by atoms with Gasteiger partial charge in [0.05, 0.1) is 6.61 Å². The Hall–Kier alpha value is -0.570. The topological polar surface area (TPSA) is 38.3 Å². The highest BCUT2D eigenvalue weighted by atomic mass is 16.5. The second-order valence-corrected chi connectivity index (χ2v) is 6.74. The van der Waals surface area contributed by atoms with Gasteiger partial charge in [0, 0.05) is 0 Å².